The lowest BCUT2D eigenvalue weighted by molar-refractivity contribution is 0.606. The Balaban J connectivity index is 1.49. The summed E-state index contributed by atoms with van der Waals surface area (Å²) in [5, 5.41) is 9.49. The van der Waals surface area contributed by atoms with Crippen LogP contribution >= 0.6 is 11.3 Å². The molecule has 0 atom stereocenters. The van der Waals surface area contributed by atoms with Crippen molar-refractivity contribution in [2.24, 2.45) is 4.99 Å². The van der Waals surface area contributed by atoms with E-state index >= 15 is 0 Å². The van der Waals surface area contributed by atoms with Crippen molar-refractivity contribution in [3.63, 3.8) is 0 Å². The van der Waals surface area contributed by atoms with E-state index in [1.54, 1.807) is 30.5 Å². The molecule has 0 aliphatic carbocycles. The summed E-state index contributed by atoms with van der Waals surface area (Å²) in [6.07, 6.45) is 0.600. The molecule has 1 aromatic heterocycles. The lowest BCUT2D eigenvalue weighted by Crippen LogP contribution is -2.37. The number of hydrogen-bond acceptors (Lipinski definition) is 3. The highest BCUT2D eigenvalue weighted by Gasteiger charge is 2.06. The molecule has 26 heavy (non-hydrogen) atoms. The first-order valence-electron chi connectivity index (χ1n) is 8.44. The Kier molecular flexibility index (Phi) is 6.33. The Morgan fingerprint density at radius 3 is 2.62 bits per heavy atom. The predicted molar refractivity (Wildman–Crippen MR) is 106 cm³/mol. The highest BCUT2D eigenvalue weighted by molar-refractivity contribution is 7.09. The standard InChI is InChI=1S/C20H21FN4S/c1-22-20(23-12-11-15-7-5-6-10-17(15)21)24-13-19-25-18(14-26-19)16-8-3-2-4-9-16/h2-10,14H,11-13H2,1H3,(H2,22,23,24). The number of guanidine groups is 1. The van der Waals surface area contributed by atoms with E-state index in [0.29, 0.717) is 31.0 Å². The fourth-order valence-electron chi connectivity index (χ4n) is 2.53. The zero-order chi connectivity index (χ0) is 18.2. The third kappa shape index (κ3) is 4.89. The average Bonchev–Trinajstić information content (AvgIpc) is 3.16. The molecule has 0 amide bonds. The van der Waals surface area contributed by atoms with Crippen molar-refractivity contribution in [1.29, 1.82) is 0 Å². The molecule has 2 N–H and O–H groups in total. The second-order valence-electron chi connectivity index (χ2n) is 5.69. The molecule has 0 bridgehead atoms. The van der Waals surface area contributed by atoms with Gasteiger partial charge >= 0.3 is 0 Å². The van der Waals surface area contributed by atoms with Crippen LogP contribution in [0.25, 0.3) is 11.3 Å². The van der Waals surface area contributed by atoms with Crippen LogP contribution < -0.4 is 10.6 Å². The van der Waals surface area contributed by atoms with Crippen LogP contribution in [0.4, 0.5) is 4.39 Å². The summed E-state index contributed by atoms with van der Waals surface area (Å²) in [5.74, 6) is 0.506. The van der Waals surface area contributed by atoms with Gasteiger partial charge in [0.25, 0.3) is 0 Å². The minimum absolute atomic E-state index is 0.173. The van der Waals surface area contributed by atoms with Crippen LogP contribution in [0.2, 0.25) is 0 Å². The molecule has 0 aliphatic heterocycles. The number of aromatic nitrogens is 1. The van der Waals surface area contributed by atoms with Crippen LogP contribution in [-0.2, 0) is 13.0 Å². The summed E-state index contributed by atoms with van der Waals surface area (Å²) in [5.41, 5.74) is 2.79. The first kappa shape index (κ1) is 18.1. The van der Waals surface area contributed by atoms with Gasteiger partial charge in [0.15, 0.2) is 5.96 Å². The molecule has 4 nitrogen and oxygen atoms in total. The number of halogens is 1. The third-order valence-electron chi connectivity index (χ3n) is 3.90. The van der Waals surface area contributed by atoms with Crippen LogP contribution in [0.1, 0.15) is 10.6 Å². The van der Waals surface area contributed by atoms with Crippen LogP contribution in [0.5, 0.6) is 0 Å². The highest BCUT2D eigenvalue weighted by atomic mass is 32.1. The van der Waals surface area contributed by atoms with Crippen LogP contribution in [0.3, 0.4) is 0 Å². The first-order chi connectivity index (χ1) is 12.8. The van der Waals surface area contributed by atoms with Crippen molar-refractivity contribution < 1.29 is 4.39 Å². The molecule has 1 heterocycles. The summed E-state index contributed by atoms with van der Waals surface area (Å²) >= 11 is 1.61. The van der Waals surface area contributed by atoms with Crippen molar-refractivity contribution >= 4 is 17.3 Å². The molecular formula is C20H21FN4S. The van der Waals surface area contributed by atoms with Crippen LogP contribution in [-0.4, -0.2) is 24.5 Å². The van der Waals surface area contributed by atoms with Crippen molar-refractivity contribution in [2.45, 2.75) is 13.0 Å². The number of nitrogens with one attached hydrogen (secondary N) is 2. The maximum Gasteiger partial charge on any atom is 0.191 e. The van der Waals surface area contributed by atoms with Gasteiger partial charge in [0.05, 0.1) is 12.2 Å². The minimum atomic E-state index is -0.173. The number of thiazole rings is 1. The van der Waals surface area contributed by atoms with Gasteiger partial charge in [-0.1, -0.05) is 48.5 Å². The van der Waals surface area contributed by atoms with Gasteiger partial charge in [0.2, 0.25) is 0 Å². The highest BCUT2D eigenvalue weighted by Crippen LogP contribution is 2.21. The lowest BCUT2D eigenvalue weighted by atomic mass is 10.1. The molecule has 3 aromatic rings. The van der Waals surface area contributed by atoms with Crippen molar-refractivity contribution in [2.75, 3.05) is 13.6 Å². The minimum Gasteiger partial charge on any atom is -0.356 e. The smallest absolute Gasteiger partial charge is 0.191 e. The van der Waals surface area contributed by atoms with E-state index in [-0.39, 0.29) is 5.82 Å². The number of aliphatic imine (C=N–C) groups is 1. The van der Waals surface area contributed by atoms with E-state index in [2.05, 4.69) is 38.1 Å². The summed E-state index contributed by atoms with van der Waals surface area (Å²) in [4.78, 5) is 8.85. The van der Waals surface area contributed by atoms with Gasteiger partial charge in [-0.05, 0) is 18.1 Å². The first-order valence-corrected chi connectivity index (χ1v) is 9.32. The summed E-state index contributed by atoms with van der Waals surface area (Å²) < 4.78 is 13.6. The van der Waals surface area contributed by atoms with Crippen LogP contribution in [0.15, 0.2) is 65.0 Å². The maximum absolute atomic E-state index is 13.6. The van der Waals surface area contributed by atoms with Crippen molar-refractivity contribution in [1.82, 2.24) is 15.6 Å². The Bertz CT molecular complexity index is 861. The van der Waals surface area contributed by atoms with E-state index in [1.807, 2.05) is 24.3 Å². The van der Waals surface area contributed by atoms with Gasteiger partial charge in [0, 0.05) is 24.5 Å². The van der Waals surface area contributed by atoms with Gasteiger partial charge in [0.1, 0.15) is 10.8 Å². The van der Waals surface area contributed by atoms with Gasteiger partial charge in [-0.2, -0.15) is 0 Å². The van der Waals surface area contributed by atoms with E-state index in [9.17, 15) is 4.39 Å². The van der Waals surface area contributed by atoms with Crippen molar-refractivity contribution in [3.8, 4) is 11.3 Å². The number of benzene rings is 2. The quantitative estimate of drug-likeness (QED) is 0.513. The molecule has 134 valence electrons. The maximum atomic E-state index is 13.6. The molecule has 0 saturated heterocycles. The molecule has 0 unspecified atom stereocenters. The molecule has 0 saturated carbocycles. The Morgan fingerprint density at radius 2 is 1.85 bits per heavy atom. The van der Waals surface area contributed by atoms with Crippen LogP contribution in [0, 0.1) is 5.82 Å². The summed E-state index contributed by atoms with van der Waals surface area (Å²) in [7, 11) is 1.72. The second-order valence-corrected chi connectivity index (χ2v) is 6.63. The number of hydrogen-bond donors (Lipinski definition) is 2. The molecular weight excluding hydrogens is 347 g/mol. The fourth-order valence-corrected chi connectivity index (χ4v) is 3.27. The predicted octanol–water partition coefficient (Wildman–Crippen LogP) is 3.86. The average molecular weight is 368 g/mol. The van der Waals surface area contributed by atoms with E-state index in [0.717, 1.165) is 16.3 Å². The summed E-state index contributed by atoms with van der Waals surface area (Å²) in [6.45, 7) is 1.20. The Labute approximate surface area is 156 Å². The molecule has 0 radical (unpaired) electrons. The lowest BCUT2D eigenvalue weighted by Gasteiger charge is -2.11. The number of rotatable bonds is 6. The molecule has 0 spiro atoms. The Morgan fingerprint density at radius 1 is 1.08 bits per heavy atom. The topological polar surface area (TPSA) is 49.3 Å². The summed E-state index contributed by atoms with van der Waals surface area (Å²) in [6, 6.07) is 16.9. The van der Waals surface area contributed by atoms with Crippen molar-refractivity contribution in [3.05, 3.63) is 76.4 Å². The molecule has 2 aromatic carbocycles. The molecule has 0 aliphatic rings. The van der Waals surface area contributed by atoms with Gasteiger partial charge in [-0.25, -0.2) is 9.37 Å². The number of nitrogens with zero attached hydrogens (tertiary/aromatic N) is 2. The monoisotopic (exact) mass is 368 g/mol. The zero-order valence-electron chi connectivity index (χ0n) is 14.6. The Hall–Kier alpha value is -2.73. The van der Waals surface area contributed by atoms with Gasteiger partial charge in [-0.15, -0.1) is 11.3 Å². The van der Waals surface area contributed by atoms with E-state index in [4.69, 9.17) is 0 Å². The molecule has 0 fully saturated rings. The largest absolute Gasteiger partial charge is 0.356 e. The molecule has 6 heteroatoms. The fraction of sp³-hybridized carbons (Fsp3) is 0.200. The normalized spacial score (nSPS) is 11.4. The SMILES string of the molecule is CN=C(NCCc1ccccc1F)NCc1nc(-c2ccccc2)cs1. The van der Waals surface area contributed by atoms with E-state index in [1.165, 1.54) is 6.07 Å². The second kappa shape index (κ2) is 9.10. The van der Waals surface area contributed by atoms with E-state index < -0.39 is 0 Å². The third-order valence-corrected chi connectivity index (χ3v) is 4.75. The molecule has 3 rings (SSSR count). The zero-order valence-corrected chi connectivity index (χ0v) is 15.4. The van der Waals surface area contributed by atoms with Gasteiger partial charge < -0.3 is 10.6 Å². The van der Waals surface area contributed by atoms with Gasteiger partial charge in [-0.3, -0.25) is 4.99 Å².